The summed E-state index contributed by atoms with van der Waals surface area (Å²) in [5.74, 6) is -0.179. The fourth-order valence-corrected chi connectivity index (χ4v) is 6.31. The van der Waals surface area contributed by atoms with Crippen LogP contribution in [-0.4, -0.2) is 77.4 Å². The maximum atomic E-state index is 15.0. The number of fused-ring (bicyclic) bond motifs is 2. The highest BCUT2D eigenvalue weighted by Crippen LogP contribution is 2.46. The Bertz CT molecular complexity index is 1210. The average Bonchev–Trinajstić information content (AvgIpc) is 3.63. The summed E-state index contributed by atoms with van der Waals surface area (Å²) in [6, 6.07) is 5.65. The molecule has 4 aliphatic rings. The number of nitrogens with zero attached hydrogens (tertiary/aromatic N) is 5. The Morgan fingerprint density at radius 3 is 2.69 bits per heavy atom. The lowest BCUT2D eigenvalue weighted by Gasteiger charge is -2.26. The second kappa shape index (κ2) is 8.69. The van der Waals surface area contributed by atoms with Gasteiger partial charge < -0.3 is 25.3 Å². The Hall–Kier alpha value is -3.27. The predicted molar refractivity (Wildman–Crippen MR) is 135 cm³/mol. The number of halogens is 1. The van der Waals surface area contributed by atoms with Crippen LogP contribution in [0.5, 0.6) is 0 Å². The molecule has 1 saturated carbocycles. The number of rotatable bonds is 5. The molecule has 2 aromatic rings. The van der Waals surface area contributed by atoms with Crippen molar-refractivity contribution in [1.82, 2.24) is 19.8 Å². The van der Waals surface area contributed by atoms with Crippen LogP contribution in [0.15, 0.2) is 24.4 Å². The van der Waals surface area contributed by atoms with Crippen LogP contribution in [-0.2, 0) is 15.0 Å². The van der Waals surface area contributed by atoms with E-state index in [4.69, 9.17) is 0 Å². The molecule has 4 heterocycles. The molecule has 1 aliphatic carbocycles. The Balaban J connectivity index is 1.20. The van der Waals surface area contributed by atoms with E-state index >= 15 is 0 Å². The van der Waals surface area contributed by atoms with Crippen LogP contribution in [0.25, 0.3) is 0 Å². The molecule has 6 rings (SSSR count). The summed E-state index contributed by atoms with van der Waals surface area (Å²) in [6.07, 6.45) is 7.25. The maximum absolute atomic E-state index is 15.0. The van der Waals surface area contributed by atoms with Crippen molar-refractivity contribution in [3.05, 3.63) is 35.8 Å². The van der Waals surface area contributed by atoms with E-state index in [9.17, 15) is 14.0 Å². The van der Waals surface area contributed by atoms with Gasteiger partial charge in [0.2, 0.25) is 17.8 Å². The zero-order valence-electron chi connectivity index (χ0n) is 20.8. The van der Waals surface area contributed by atoms with Crippen LogP contribution in [0.1, 0.15) is 44.1 Å². The zero-order valence-corrected chi connectivity index (χ0v) is 20.8. The van der Waals surface area contributed by atoms with Gasteiger partial charge in [0, 0.05) is 49.2 Å². The molecule has 3 fully saturated rings. The SMILES string of the molecule is CN(C)[C@H]1CCN(c2ccc(Nc3ncc4c(n3)NC(=O)C43CCN(C4CCCC4)C3=O)cc2F)C1. The summed E-state index contributed by atoms with van der Waals surface area (Å²) < 4.78 is 15.0. The normalized spacial score (nSPS) is 25.9. The number of hydrogen-bond acceptors (Lipinski definition) is 7. The minimum atomic E-state index is -1.23. The van der Waals surface area contributed by atoms with E-state index < -0.39 is 5.41 Å². The molecule has 9 nitrogen and oxygen atoms in total. The van der Waals surface area contributed by atoms with Gasteiger partial charge in [-0.25, -0.2) is 9.37 Å². The van der Waals surface area contributed by atoms with Crippen LogP contribution in [0.2, 0.25) is 0 Å². The lowest BCUT2D eigenvalue weighted by Crippen LogP contribution is -2.45. The number of amides is 2. The van der Waals surface area contributed by atoms with Crippen molar-refractivity contribution in [3.63, 3.8) is 0 Å². The van der Waals surface area contributed by atoms with Gasteiger partial charge in [-0.3, -0.25) is 9.59 Å². The molecule has 1 aromatic carbocycles. The van der Waals surface area contributed by atoms with E-state index in [-0.39, 0.29) is 29.6 Å². The van der Waals surface area contributed by atoms with Gasteiger partial charge in [0.25, 0.3) is 0 Å². The minimum Gasteiger partial charge on any atom is -0.368 e. The molecular weight excluding hydrogens is 461 g/mol. The molecule has 190 valence electrons. The number of likely N-dealkylation sites (tertiary alicyclic amines) is 1. The number of aromatic nitrogens is 2. The quantitative estimate of drug-likeness (QED) is 0.619. The molecule has 2 saturated heterocycles. The standard InChI is InChI=1S/C26H32FN7O2/c1-32(2)18-9-11-33(15-18)21-8-7-16(13-20(21)27)29-25-28-14-19-22(31-25)30-23(35)26(19)10-12-34(24(26)36)17-5-3-4-6-17/h7-8,13-14,17-18H,3-6,9-12,15H2,1-2H3,(H2,28,29,30,31,35)/t18-,26?/m0/s1. The Kier molecular flexibility index (Phi) is 5.59. The van der Waals surface area contributed by atoms with Crippen LogP contribution in [0.3, 0.4) is 0 Å². The number of anilines is 4. The summed E-state index contributed by atoms with van der Waals surface area (Å²) >= 11 is 0. The van der Waals surface area contributed by atoms with Crippen LogP contribution in [0.4, 0.5) is 27.5 Å². The minimum absolute atomic E-state index is 0.133. The number of nitrogens with one attached hydrogen (secondary N) is 2. The van der Waals surface area contributed by atoms with Gasteiger partial charge in [-0.15, -0.1) is 0 Å². The first-order valence-electron chi connectivity index (χ1n) is 12.8. The number of benzene rings is 1. The molecule has 3 aliphatic heterocycles. The smallest absolute Gasteiger partial charge is 0.246 e. The monoisotopic (exact) mass is 493 g/mol. The van der Waals surface area contributed by atoms with Gasteiger partial charge in [-0.1, -0.05) is 12.8 Å². The van der Waals surface area contributed by atoms with E-state index in [1.165, 1.54) is 6.07 Å². The van der Waals surface area contributed by atoms with E-state index in [1.807, 2.05) is 19.0 Å². The van der Waals surface area contributed by atoms with Gasteiger partial charge in [-0.2, -0.15) is 4.98 Å². The fourth-order valence-electron chi connectivity index (χ4n) is 6.31. The van der Waals surface area contributed by atoms with Gasteiger partial charge in [0.1, 0.15) is 11.6 Å². The number of likely N-dealkylation sites (N-methyl/N-ethyl adjacent to an activating group) is 1. The highest BCUT2D eigenvalue weighted by molar-refractivity contribution is 6.21. The summed E-state index contributed by atoms with van der Waals surface area (Å²) in [7, 11) is 4.10. The first-order valence-corrected chi connectivity index (χ1v) is 12.8. The average molecular weight is 494 g/mol. The molecule has 2 N–H and O–H groups in total. The fraction of sp³-hybridized carbons (Fsp3) is 0.538. The molecule has 0 bridgehead atoms. The van der Waals surface area contributed by atoms with Crippen molar-refractivity contribution in [3.8, 4) is 0 Å². The van der Waals surface area contributed by atoms with Gasteiger partial charge in [0.15, 0.2) is 5.41 Å². The maximum Gasteiger partial charge on any atom is 0.246 e. The van der Waals surface area contributed by atoms with E-state index in [1.54, 1.807) is 18.3 Å². The van der Waals surface area contributed by atoms with Crippen molar-refractivity contribution in [1.29, 1.82) is 0 Å². The molecule has 2 atom stereocenters. The highest BCUT2D eigenvalue weighted by Gasteiger charge is 2.60. The largest absolute Gasteiger partial charge is 0.368 e. The van der Waals surface area contributed by atoms with E-state index in [0.717, 1.165) is 45.2 Å². The predicted octanol–water partition coefficient (Wildman–Crippen LogP) is 2.86. The highest BCUT2D eigenvalue weighted by atomic mass is 19.1. The second-order valence-electron chi connectivity index (χ2n) is 10.6. The Morgan fingerprint density at radius 1 is 1.17 bits per heavy atom. The van der Waals surface area contributed by atoms with Crippen molar-refractivity contribution in [2.75, 3.05) is 49.3 Å². The van der Waals surface area contributed by atoms with Crippen LogP contribution in [0, 0.1) is 5.82 Å². The molecule has 0 radical (unpaired) electrons. The van der Waals surface area contributed by atoms with E-state index in [0.29, 0.717) is 41.8 Å². The number of carbonyl (C=O) groups is 2. The van der Waals surface area contributed by atoms with Crippen molar-refractivity contribution < 1.29 is 14.0 Å². The van der Waals surface area contributed by atoms with E-state index in [2.05, 4.69) is 30.4 Å². The molecule has 2 amide bonds. The van der Waals surface area contributed by atoms with Crippen molar-refractivity contribution in [2.24, 2.45) is 0 Å². The van der Waals surface area contributed by atoms with Crippen LogP contribution < -0.4 is 15.5 Å². The third-order valence-corrected chi connectivity index (χ3v) is 8.43. The molecule has 10 heteroatoms. The zero-order chi connectivity index (χ0) is 25.0. The lowest BCUT2D eigenvalue weighted by molar-refractivity contribution is -0.138. The molecule has 1 spiro atoms. The molecule has 1 unspecified atom stereocenters. The summed E-state index contributed by atoms with van der Waals surface area (Å²) in [4.78, 5) is 41.5. The summed E-state index contributed by atoms with van der Waals surface area (Å²) in [5, 5.41) is 5.85. The third-order valence-electron chi connectivity index (χ3n) is 8.43. The number of hydrogen-bond donors (Lipinski definition) is 2. The molecule has 36 heavy (non-hydrogen) atoms. The molecule has 1 aromatic heterocycles. The summed E-state index contributed by atoms with van der Waals surface area (Å²) in [6.45, 7) is 2.19. The van der Waals surface area contributed by atoms with Gasteiger partial charge in [0.05, 0.1) is 5.69 Å². The van der Waals surface area contributed by atoms with Crippen molar-refractivity contribution >= 4 is 35.0 Å². The first-order chi connectivity index (χ1) is 17.4. The van der Waals surface area contributed by atoms with Crippen LogP contribution >= 0.6 is 0 Å². The van der Waals surface area contributed by atoms with Crippen molar-refractivity contribution in [2.45, 2.75) is 56.0 Å². The van der Waals surface area contributed by atoms with Gasteiger partial charge in [-0.05, 0) is 58.0 Å². The lowest BCUT2D eigenvalue weighted by atomic mass is 9.81. The molecular formula is C26H32FN7O2. The van der Waals surface area contributed by atoms with Gasteiger partial charge >= 0.3 is 0 Å². The topological polar surface area (TPSA) is 93.7 Å². The Labute approximate surface area is 210 Å². The number of carbonyl (C=O) groups excluding carboxylic acids is 2. The third kappa shape index (κ3) is 3.61. The Morgan fingerprint density at radius 2 is 1.97 bits per heavy atom. The second-order valence-corrected chi connectivity index (χ2v) is 10.6. The first kappa shape index (κ1) is 23.1. The summed E-state index contributed by atoms with van der Waals surface area (Å²) in [5.41, 5.74) is 0.405.